The van der Waals surface area contributed by atoms with Gasteiger partial charge in [-0.2, -0.15) is 0 Å². The second-order valence-corrected chi connectivity index (χ2v) is 4.21. The molecule has 17 heavy (non-hydrogen) atoms. The minimum Gasteiger partial charge on any atom is -0.478 e. The summed E-state index contributed by atoms with van der Waals surface area (Å²) in [5.74, 6) is 0.236. The lowest BCUT2D eigenvalue weighted by atomic mass is 10.0. The third-order valence-corrected chi connectivity index (χ3v) is 2.55. The van der Waals surface area contributed by atoms with Crippen molar-refractivity contribution < 1.29 is 14.5 Å². The highest BCUT2D eigenvalue weighted by Crippen LogP contribution is 2.34. The lowest BCUT2D eigenvalue weighted by molar-refractivity contribution is -0.384. The highest BCUT2D eigenvalue weighted by atomic mass is 16.6. The van der Waals surface area contributed by atoms with E-state index in [1.807, 2.05) is 13.8 Å². The largest absolute Gasteiger partial charge is 0.478 e. The number of carbonyl (C=O) groups excluding carboxylic acids is 1. The fourth-order valence-electron chi connectivity index (χ4n) is 1.66. The van der Waals surface area contributed by atoms with Gasteiger partial charge in [0.2, 0.25) is 0 Å². The molecule has 1 N–H and O–H groups in total. The van der Waals surface area contributed by atoms with Crippen molar-refractivity contribution in [1.82, 2.24) is 0 Å². The lowest BCUT2D eigenvalue weighted by Crippen LogP contribution is -2.40. The molecule has 0 spiro atoms. The van der Waals surface area contributed by atoms with Crippen LogP contribution in [0, 0.1) is 16.0 Å². The number of ether oxygens (including phenoxy) is 1. The van der Waals surface area contributed by atoms with E-state index in [2.05, 4.69) is 5.32 Å². The molecule has 0 aromatic heterocycles. The SMILES string of the molecule is CC(C)C1Oc2ccc([N+](=O)[O-])cc2NC1=O. The molecule has 1 atom stereocenters. The van der Waals surface area contributed by atoms with Crippen molar-refractivity contribution in [2.24, 2.45) is 5.92 Å². The molecular formula is C11H12N2O4. The zero-order valence-electron chi connectivity index (χ0n) is 9.47. The third-order valence-electron chi connectivity index (χ3n) is 2.55. The lowest BCUT2D eigenvalue weighted by Gasteiger charge is -2.27. The van der Waals surface area contributed by atoms with Gasteiger partial charge < -0.3 is 10.1 Å². The fourth-order valence-corrected chi connectivity index (χ4v) is 1.66. The quantitative estimate of drug-likeness (QED) is 0.628. The number of hydrogen-bond acceptors (Lipinski definition) is 4. The molecule has 1 aromatic rings. The number of rotatable bonds is 2. The first kappa shape index (κ1) is 11.4. The molecular weight excluding hydrogens is 224 g/mol. The van der Waals surface area contributed by atoms with Crippen LogP contribution in [0.15, 0.2) is 18.2 Å². The van der Waals surface area contributed by atoms with Crippen molar-refractivity contribution in [2.45, 2.75) is 20.0 Å². The van der Waals surface area contributed by atoms with E-state index in [9.17, 15) is 14.9 Å². The number of fused-ring (bicyclic) bond motifs is 1. The summed E-state index contributed by atoms with van der Waals surface area (Å²) in [6.45, 7) is 3.75. The van der Waals surface area contributed by atoms with Crippen molar-refractivity contribution in [2.75, 3.05) is 5.32 Å². The number of nitrogens with one attached hydrogen (secondary N) is 1. The molecule has 1 heterocycles. The van der Waals surface area contributed by atoms with E-state index in [1.165, 1.54) is 18.2 Å². The Labute approximate surface area is 97.7 Å². The van der Waals surface area contributed by atoms with Crippen molar-refractivity contribution in [1.29, 1.82) is 0 Å². The third kappa shape index (κ3) is 2.06. The van der Waals surface area contributed by atoms with Crippen LogP contribution in [-0.2, 0) is 4.79 Å². The van der Waals surface area contributed by atoms with Gasteiger partial charge in [0.15, 0.2) is 6.10 Å². The zero-order chi connectivity index (χ0) is 12.6. The van der Waals surface area contributed by atoms with Gasteiger partial charge in [0.25, 0.3) is 11.6 Å². The van der Waals surface area contributed by atoms with E-state index in [-0.39, 0.29) is 17.5 Å². The smallest absolute Gasteiger partial charge is 0.271 e. The first-order valence-electron chi connectivity index (χ1n) is 5.25. The Balaban J connectivity index is 2.35. The van der Waals surface area contributed by atoms with Gasteiger partial charge >= 0.3 is 0 Å². The topological polar surface area (TPSA) is 81.5 Å². The maximum absolute atomic E-state index is 11.7. The second-order valence-electron chi connectivity index (χ2n) is 4.21. The summed E-state index contributed by atoms with van der Waals surface area (Å²) < 4.78 is 5.51. The molecule has 6 heteroatoms. The molecule has 1 amide bonds. The van der Waals surface area contributed by atoms with E-state index >= 15 is 0 Å². The molecule has 1 aliphatic heterocycles. The number of amides is 1. The van der Waals surface area contributed by atoms with Crippen LogP contribution in [-0.4, -0.2) is 16.9 Å². The number of nitro benzene ring substituents is 1. The number of anilines is 1. The van der Waals surface area contributed by atoms with Crippen LogP contribution in [0.5, 0.6) is 5.75 Å². The summed E-state index contributed by atoms with van der Waals surface area (Å²) in [6, 6.07) is 4.15. The molecule has 0 radical (unpaired) electrons. The minimum absolute atomic E-state index is 0.0401. The van der Waals surface area contributed by atoms with Gasteiger partial charge in [0, 0.05) is 12.1 Å². The highest BCUT2D eigenvalue weighted by Gasteiger charge is 2.30. The fraction of sp³-hybridized carbons (Fsp3) is 0.364. The molecule has 2 rings (SSSR count). The summed E-state index contributed by atoms with van der Waals surface area (Å²) in [5.41, 5.74) is 0.275. The predicted molar refractivity (Wildman–Crippen MR) is 61.0 cm³/mol. The summed E-state index contributed by atoms with van der Waals surface area (Å²) >= 11 is 0. The summed E-state index contributed by atoms with van der Waals surface area (Å²) in [4.78, 5) is 21.8. The maximum Gasteiger partial charge on any atom is 0.271 e. The van der Waals surface area contributed by atoms with Gasteiger partial charge in [0.05, 0.1) is 10.6 Å². The predicted octanol–water partition coefficient (Wildman–Crippen LogP) is 1.95. The molecule has 1 aromatic carbocycles. The normalized spacial score (nSPS) is 18.3. The van der Waals surface area contributed by atoms with Crippen LogP contribution in [0.25, 0.3) is 0 Å². The summed E-state index contributed by atoms with van der Waals surface area (Å²) in [7, 11) is 0. The van der Waals surface area contributed by atoms with Gasteiger partial charge in [-0.3, -0.25) is 14.9 Å². The van der Waals surface area contributed by atoms with Crippen molar-refractivity contribution in [3.8, 4) is 5.75 Å². The van der Waals surface area contributed by atoms with Gasteiger partial charge in [-0.05, 0) is 12.0 Å². The van der Waals surface area contributed by atoms with Gasteiger partial charge in [-0.25, -0.2) is 0 Å². The average molecular weight is 236 g/mol. The monoisotopic (exact) mass is 236 g/mol. The molecule has 0 fully saturated rings. The molecule has 90 valence electrons. The van der Waals surface area contributed by atoms with Gasteiger partial charge in [-0.1, -0.05) is 13.8 Å². The molecule has 6 nitrogen and oxygen atoms in total. The standard InChI is InChI=1S/C11H12N2O4/c1-6(2)10-11(14)12-8-5-7(13(15)16)3-4-9(8)17-10/h3-6,10H,1-2H3,(H,12,14). The Hall–Kier alpha value is -2.11. The van der Waals surface area contributed by atoms with E-state index in [4.69, 9.17) is 4.74 Å². The molecule has 0 saturated carbocycles. The van der Waals surface area contributed by atoms with E-state index in [0.29, 0.717) is 11.4 Å². The van der Waals surface area contributed by atoms with E-state index in [0.717, 1.165) is 0 Å². The Kier molecular flexibility index (Phi) is 2.71. The molecule has 1 unspecified atom stereocenters. The van der Waals surface area contributed by atoms with Gasteiger partial charge in [-0.15, -0.1) is 0 Å². The minimum atomic E-state index is -0.552. The molecule has 0 bridgehead atoms. The van der Waals surface area contributed by atoms with Crippen LogP contribution in [0.1, 0.15) is 13.8 Å². The molecule has 0 aliphatic carbocycles. The second kappa shape index (κ2) is 4.04. The number of carbonyl (C=O) groups is 1. The summed E-state index contributed by atoms with van der Waals surface area (Å²) in [5, 5.41) is 13.2. The number of non-ortho nitro benzene ring substituents is 1. The van der Waals surface area contributed by atoms with Crippen molar-refractivity contribution >= 4 is 17.3 Å². The number of benzene rings is 1. The average Bonchev–Trinajstić information content (AvgIpc) is 2.26. The molecule has 0 saturated heterocycles. The summed E-state index contributed by atoms with van der Waals surface area (Å²) in [6.07, 6.45) is -0.552. The van der Waals surface area contributed by atoms with Crippen LogP contribution in [0.2, 0.25) is 0 Å². The Morgan fingerprint density at radius 3 is 2.76 bits per heavy atom. The van der Waals surface area contributed by atoms with E-state index < -0.39 is 11.0 Å². The number of nitrogens with zero attached hydrogens (tertiary/aromatic N) is 1. The maximum atomic E-state index is 11.7. The Morgan fingerprint density at radius 1 is 1.47 bits per heavy atom. The Morgan fingerprint density at radius 2 is 2.18 bits per heavy atom. The Bertz CT molecular complexity index is 484. The van der Waals surface area contributed by atoms with Crippen LogP contribution in [0.4, 0.5) is 11.4 Å². The first-order valence-corrected chi connectivity index (χ1v) is 5.25. The van der Waals surface area contributed by atoms with E-state index in [1.54, 1.807) is 0 Å². The van der Waals surface area contributed by atoms with Gasteiger partial charge in [0.1, 0.15) is 5.75 Å². The van der Waals surface area contributed by atoms with Crippen LogP contribution in [0.3, 0.4) is 0 Å². The van der Waals surface area contributed by atoms with Crippen LogP contribution < -0.4 is 10.1 Å². The van der Waals surface area contributed by atoms with Crippen molar-refractivity contribution in [3.05, 3.63) is 28.3 Å². The molecule has 1 aliphatic rings. The highest BCUT2D eigenvalue weighted by molar-refractivity contribution is 5.98. The first-order chi connectivity index (χ1) is 7.99. The zero-order valence-corrected chi connectivity index (χ0v) is 9.47. The number of hydrogen-bond donors (Lipinski definition) is 1. The van der Waals surface area contributed by atoms with Crippen molar-refractivity contribution in [3.63, 3.8) is 0 Å². The van der Waals surface area contributed by atoms with Crippen LogP contribution >= 0.6 is 0 Å². The number of nitro groups is 1.